The van der Waals surface area contributed by atoms with E-state index in [9.17, 15) is 9.90 Å². The van der Waals surface area contributed by atoms with Crippen molar-refractivity contribution in [3.05, 3.63) is 29.5 Å². The van der Waals surface area contributed by atoms with Crippen LogP contribution in [0.3, 0.4) is 0 Å². The van der Waals surface area contributed by atoms with E-state index in [0.29, 0.717) is 11.1 Å². The van der Waals surface area contributed by atoms with Gasteiger partial charge in [-0.1, -0.05) is 15.9 Å². The fraction of sp³-hybridized carbons (Fsp3) is 0.308. The Morgan fingerprint density at radius 3 is 2.53 bits per heavy atom. The van der Waals surface area contributed by atoms with E-state index >= 15 is 0 Å². The first-order valence-corrected chi connectivity index (χ1v) is 6.05. The van der Waals surface area contributed by atoms with E-state index in [1.807, 2.05) is 19.9 Å². The van der Waals surface area contributed by atoms with Crippen molar-refractivity contribution in [2.24, 2.45) is 0 Å². The number of aromatic hydroxyl groups is 1. The monoisotopic (exact) mass is 296 g/mol. The summed E-state index contributed by atoms with van der Waals surface area (Å²) < 4.78 is 5.35. The highest BCUT2D eigenvalue weighted by Gasteiger charge is 2.22. The van der Waals surface area contributed by atoms with E-state index in [1.165, 1.54) is 13.0 Å². The van der Waals surface area contributed by atoms with Gasteiger partial charge in [-0.15, -0.1) is 0 Å². The molecule has 0 bridgehead atoms. The third-order valence-corrected chi connectivity index (χ3v) is 2.99. The second-order valence-electron chi connectivity index (χ2n) is 4.55. The van der Waals surface area contributed by atoms with Crippen LogP contribution in [0, 0.1) is 0 Å². The summed E-state index contributed by atoms with van der Waals surface area (Å²) in [6.07, 6.45) is 0. The van der Waals surface area contributed by atoms with E-state index < -0.39 is 0 Å². The van der Waals surface area contributed by atoms with Crippen LogP contribution < -0.4 is 0 Å². The molecule has 3 nitrogen and oxygen atoms in total. The number of rotatable bonds is 2. The van der Waals surface area contributed by atoms with Crippen LogP contribution in [0.25, 0.3) is 11.0 Å². The van der Waals surface area contributed by atoms with Gasteiger partial charge in [-0.2, -0.15) is 0 Å². The fourth-order valence-corrected chi connectivity index (χ4v) is 1.85. The quantitative estimate of drug-likeness (QED) is 0.674. The van der Waals surface area contributed by atoms with Crippen LogP contribution in [0.5, 0.6) is 5.75 Å². The maximum atomic E-state index is 11.3. The highest BCUT2D eigenvalue weighted by Crippen LogP contribution is 2.36. The van der Waals surface area contributed by atoms with Crippen LogP contribution in [0.4, 0.5) is 0 Å². The number of furan rings is 1. The molecule has 1 heterocycles. The summed E-state index contributed by atoms with van der Waals surface area (Å²) in [5.74, 6) is 0.552. The maximum absolute atomic E-state index is 11.3. The van der Waals surface area contributed by atoms with Crippen LogP contribution in [-0.2, 0) is 4.32 Å². The Balaban J connectivity index is 2.67. The Morgan fingerprint density at radius 2 is 2.00 bits per heavy atom. The van der Waals surface area contributed by atoms with Gasteiger partial charge in [-0.3, -0.25) is 4.79 Å². The standard InChI is InChI=1S/C13H13BrO3/c1-7(15)9-4-8-5-12(13(2,3)14)17-11(8)6-10(9)16/h4-6,16H,1-3H3. The lowest BCUT2D eigenvalue weighted by Crippen LogP contribution is -2.03. The second-order valence-corrected chi connectivity index (χ2v) is 6.53. The van der Waals surface area contributed by atoms with Crippen molar-refractivity contribution in [1.82, 2.24) is 0 Å². The van der Waals surface area contributed by atoms with Gasteiger partial charge in [-0.25, -0.2) is 0 Å². The molecule has 0 fully saturated rings. The molecule has 90 valence electrons. The first-order valence-electron chi connectivity index (χ1n) is 5.26. The minimum Gasteiger partial charge on any atom is -0.507 e. The van der Waals surface area contributed by atoms with Crippen molar-refractivity contribution < 1.29 is 14.3 Å². The molecule has 17 heavy (non-hydrogen) atoms. The average Bonchev–Trinajstić information content (AvgIpc) is 2.58. The molecule has 0 aliphatic carbocycles. The minimum atomic E-state index is -0.280. The Hall–Kier alpha value is -1.29. The highest BCUT2D eigenvalue weighted by molar-refractivity contribution is 9.09. The summed E-state index contributed by atoms with van der Waals surface area (Å²) in [7, 11) is 0. The van der Waals surface area contributed by atoms with Crippen LogP contribution in [-0.4, -0.2) is 10.9 Å². The van der Waals surface area contributed by atoms with E-state index in [4.69, 9.17) is 4.42 Å². The topological polar surface area (TPSA) is 50.4 Å². The predicted octanol–water partition coefficient (Wildman–Crippen LogP) is 3.97. The third kappa shape index (κ3) is 2.22. The lowest BCUT2D eigenvalue weighted by molar-refractivity contribution is 0.101. The number of alkyl halides is 1. The second kappa shape index (κ2) is 3.88. The zero-order chi connectivity index (χ0) is 12.8. The van der Waals surface area contributed by atoms with Gasteiger partial charge in [0.05, 0.1) is 9.89 Å². The lowest BCUT2D eigenvalue weighted by atomic mass is 10.1. The molecule has 0 saturated heterocycles. The largest absolute Gasteiger partial charge is 0.507 e. The van der Waals surface area contributed by atoms with Crippen LogP contribution in [0.1, 0.15) is 36.9 Å². The Kier molecular flexibility index (Phi) is 2.78. The SMILES string of the molecule is CC(=O)c1cc2cc(C(C)(C)Br)oc2cc1O. The molecule has 0 radical (unpaired) electrons. The van der Waals surface area contributed by atoms with E-state index in [0.717, 1.165) is 11.1 Å². The Morgan fingerprint density at radius 1 is 1.35 bits per heavy atom. The van der Waals surface area contributed by atoms with E-state index in [-0.39, 0.29) is 15.9 Å². The number of halogens is 1. The summed E-state index contributed by atoms with van der Waals surface area (Å²) >= 11 is 3.51. The van der Waals surface area contributed by atoms with Crippen LogP contribution >= 0.6 is 15.9 Å². The molecular weight excluding hydrogens is 284 g/mol. The van der Waals surface area contributed by atoms with Gasteiger partial charge in [0, 0.05) is 11.5 Å². The van der Waals surface area contributed by atoms with Crippen molar-refractivity contribution in [2.75, 3.05) is 0 Å². The zero-order valence-electron chi connectivity index (χ0n) is 9.87. The first kappa shape index (κ1) is 12.2. The molecule has 0 aliphatic heterocycles. The molecule has 2 aromatic rings. The normalized spacial score (nSPS) is 12.0. The first-order chi connectivity index (χ1) is 7.79. The molecule has 0 spiro atoms. The molecule has 0 saturated carbocycles. The van der Waals surface area contributed by atoms with Gasteiger partial charge >= 0.3 is 0 Å². The fourth-order valence-electron chi connectivity index (χ4n) is 1.65. The molecule has 0 aliphatic rings. The Labute approximate surface area is 108 Å². The molecular formula is C13H13BrO3. The summed E-state index contributed by atoms with van der Waals surface area (Å²) in [6, 6.07) is 5.00. The molecule has 0 unspecified atom stereocenters. The molecule has 1 N–H and O–H groups in total. The van der Waals surface area contributed by atoms with Crippen molar-refractivity contribution in [3.8, 4) is 5.75 Å². The number of hydrogen-bond donors (Lipinski definition) is 1. The molecule has 0 amide bonds. The van der Waals surface area contributed by atoms with E-state index in [1.54, 1.807) is 6.07 Å². The van der Waals surface area contributed by atoms with Crippen LogP contribution in [0.15, 0.2) is 22.6 Å². The summed E-state index contributed by atoms with van der Waals surface area (Å²) in [6.45, 7) is 5.36. The van der Waals surface area contributed by atoms with Crippen molar-refractivity contribution in [3.63, 3.8) is 0 Å². The van der Waals surface area contributed by atoms with E-state index in [2.05, 4.69) is 15.9 Å². The van der Waals surface area contributed by atoms with Crippen molar-refractivity contribution in [1.29, 1.82) is 0 Å². The highest BCUT2D eigenvalue weighted by atomic mass is 79.9. The predicted molar refractivity (Wildman–Crippen MR) is 69.8 cm³/mol. The lowest BCUT2D eigenvalue weighted by Gasteiger charge is -2.11. The number of carbonyl (C=O) groups excluding carboxylic acids is 1. The summed E-state index contributed by atoms with van der Waals surface area (Å²) in [4.78, 5) is 11.3. The minimum absolute atomic E-state index is 0.0433. The van der Waals surface area contributed by atoms with Gasteiger partial charge in [-0.05, 0) is 32.9 Å². The Bertz CT molecular complexity index is 590. The number of ketones is 1. The number of Topliss-reactive ketones (excluding diaryl/α,β-unsaturated/α-hetero) is 1. The van der Waals surface area contributed by atoms with Gasteiger partial charge in [0.15, 0.2) is 5.78 Å². The molecule has 1 aromatic carbocycles. The number of phenols is 1. The number of carbonyl (C=O) groups is 1. The average molecular weight is 297 g/mol. The van der Waals surface area contributed by atoms with Crippen LogP contribution in [0.2, 0.25) is 0 Å². The van der Waals surface area contributed by atoms with Gasteiger partial charge in [0.25, 0.3) is 0 Å². The summed E-state index contributed by atoms with van der Waals surface area (Å²) in [5, 5.41) is 10.5. The van der Waals surface area contributed by atoms with Gasteiger partial charge in [0.2, 0.25) is 0 Å². The van der Waals surface area contributed by atoms with Gasteiger partial charge < -0.3 is 9.52 Å². The van der Waals surface area contributed by atoms with Crippen molar-refractivity contribution in [2.45, 2.75) is 25.1 Å². The number of phenolic OH excluding ortho intramolecular Hbond substituents is 1. The number of hydrogen-bond acceptors (Lipinski definition) is 3. The summed E-state index contributed by atoms with van der Waals surface area (Å²) in [5.41, 5.74) is 0.896. The molecule has 4 heteroatoms. The smallest absolute Gasteiger partial charge is 0.163 e. The maximum Gasteiger partial charge on any atom is 0.163 e. The third-order valence-electron chi connectivity index (χ3n) is 2.60. The molecule has 0 atom stereocenters. The van der Waals surface area contributed by atoms with Gasteiger partial charge in [0.1, 0.15) is 17.1 Å². The zero-order valence-corrected chi connectivity index (χ0v) is 11.5. The molecule has 1 aromatic heterocycles. The number of benzene rings is 1. The number of fused-ring (bicyclic) bond motifs is 1. The van der Waals surface area contributed by atoms with Crippen molar-refractivity contribution >= 4 is 32.7 Å². The molecule has 2 rings (SSSR count).